The Labute approximate surface area is 43.1 Å². The maximum Gasteiger partial charge on any atom is 0.0483 e. The van der Waals surface area contributed by atoms with Crippen LogP contribution in [-0.2, 0) is 17.4 Å². The Balaban J connectivity index is 0. The molecule has 0 radical (unpaired) electrons. The van der Waals surface area contributed by atoms with Gasteiger partial charge in [-0.25, -0.2) is 0 Å². The van der Waals surface area contributed by atoms with Crippen molar-refractivity contribution in [2.75, 3.05) is 0 Å². The van der Waals surface area contributed by atoms with E-state index in [1.54, 1.807) is 13.8 Å². The first kappa shape index (κ1) is 9.09. The second-order valence-electron chi connectivity index (χ2n) is 1.09. The van der Waals surface area contributed by atoms with Gasteiger partial charge < -0.3 is 5.11 Å². The fraction of sp³-hybridized carbons (Fsp3) is 1.00. The van der Waals surface area contributed by atoms with Crippen LogP contribution in [0.1, 0.15) is 13.8 Å². The third-order valence-electron chi connectivity index (χ3n) is 0. The molecular weight excluding hydrogens is 104 g/mol. The van der Waals surface area contributed by atoms with Gasteiger partial charge in [0.1, 0.15) is 0 Å². The number of hydrogen-bond donors (Lipinski definition) is 1. The second kappa shape index (κ2) is 4.49. The van der Waals surface area contributed by atoms with Crippen molar-refractivity contribution in [3.8, 4) is 0 Å². The van der Waals surface area contributed by atoms with Crippen LogP contribution >= 0.6 is 0 Å². The molecule has 0 spiro atoms. The number of rotatable bonds is 0. The molecule has 1 N–H and O–H groups in total. The summed E-state index contributed by atoms with van der Waals surface area (Å²) in [6.07, 6.45) is -0.167. The zero-order valence-electron chi connectivity index (χ0n) is 3.43. The van der Waals surface area contributed by atoms with Crippen molar-refractivity contribution in [1.29, 1.82) is 0 Å². The van der Waals surface area contributed by atoms with E-state index in [-0.39, 0.29) is 23.5 Å². The summed E-state index contributed by atoms with van der Waals surface area (Å²) in [5.41, 5.74) is 0. The molecule has 32 valence electrons. The van der Waals surface area contributed by atoms with Crippen LogP contribution in [0.15, 0.2) is 0 Å². The molecule has 1 nitrogen and oxygen atoms in total. The standard InChI is InChI=1S/C3H8O.Cr/c1-3(2)4;/h3-4H,1-2H3;. The minimum atomic E-state index is -0.167. The minimum Gasteiger partial charge on any atom is -0.394 e. The van der Waals surface area contributed by atoms with E-state index in [4.69, 9.17) is 5.11 Å². The molecule has 0 aliphatic carbocycles. The molecule has 0 saturated heterocycles. The van der Waals surface area contributed by atoms with Gasteiger partial charge in [-0.1, -0.05) is 0 Å². The molecule has 0 heterocycles. The third-order valence-corrected chi connectivity index (χ3v) is 0. The van der Waals surface area contributed by atoms with Gasteiger partial charge in [0.25, 0.3) is 0 Å². The van der Waals surface area contributed by atoms with Crippen molar-refractivity contribution in [3.63, 3.8) is 0 Å². The molecule has 0 bridgehead atoms. The molecule has 0 fully saturated rings. The molecular formula is C3H8CrO. The quantitative estimate of drug-likeness (QED) is 0.480. The molecule has 2 heteroatoms. The third kappa shape index (κ3) is 115. The molecule has 0 aromatic heterocycles. The normalized spacial score (nSPS) is 7.20. The van der Waals surface area contributed by atoms with Crippen molar-refractivity contribution in [1.82, 2.24) is 0 Å². The topological polar surface area (TPSA) is 20.2 Å². The van der Waals surface area contributed by atoms with E-state index in [2.05, 4.69) is 0 Å². The van der Waals surface area contributed by atoms with Crippen molar-refractivity contribution in [3.05, 3.63) is 0 Å². The predicted octanol–water partition coefficient (Wildman–Crippen LogP) is 0.385. The van der Waals surface area contributed by atoms with Crippen LogP contribution in [-0.4, -0.2) is 11.2 Å². The summed E-state index contributed by atoms with van der Waals surface area (Å²) in [5.74, 6) is 0. The van der Waals surface area contributed by atoms with Gasteiger partial charge in [-0.2, -0.15) is 0 Å². The van der Waals surface area contributed by atoms with Gasteiger partial charge in [-0.3, -0.25) is 0 Å². The van der Waals surface area contributed by atoms with Crippen LogP contribution in [0.2, 0.25) is 0 Å². The summed E-state index contributed by atoms with van der Waals surface area (Å²) < 4.78 is 0. The van der Waals surface area contributed by atoms with E-state index in [0.29, 0.717) is 0 Å². The maximum atomic E-state index is 8.06. The van der Waals surface area contributed by atoms with Gasteiger partial charge in [0.2, 0.25) is 0 Å². The number of aliphatic hydroxyl groups excluding tert-OH is 1. The molecule has 0 amide bonds. The molecule has 0 aliphatic rings. The Morgan fingerprint density at radius 1 is 1.40 bits per heavy atom. The Morgan fingerprint density at radius 3 is 1.40 bits per heavy atom. The molecule has 0 aliphatic heterocycles. The van der Waals surface area contributed by atoms with Gasteiger partial charge >= 0.3 is 0 Å². The van der Waals surface area contributed by atoms with E-state index in [0.717, 1.165) is 0 Å². The maximum absolute atomic E-state index is 8.06. The van der Waals surface area contributed by atoms with Crippen LogP contribution in [0.25, 0.3) is 0 Å². The molecule has 0 aromatic rings. The zero-order valence-corrected chi connectivity index (χ0v) is 4.71. The van der Waals surface area contributed by atoms with Crippen LogP contribution in [0, 0.1) is 0 Å². The Hall–Kier alpha value is 0.492. The first-order chi connectivity index (χ1) is 1.73. The first-order valence-electron chi connectivity index (χ1n) is 1.41. The van der Waals surface area contributed by atoms with Crippen molar-refractivity contribution in [2.24, 2.45) is 0 Å². The van der Waals surface area contributed by atoms with Crippen molar-refractivity contribution >= 4 is 0 Å². The summed E-state index contributed by atoms with van der Waals surface area (Å²) in [4.78, 5) is 0. The largest absolute Gasteiger partial charge is 0.394 e. The Bertz CT molecular complexity index is 11.6. The predicted molar refractivity (Wildman–Crippen MR) is 17.4 cm³/mol. The van der Waals surface area contributed by atoms with Gasteiger partial charge in [0.15, 0.2) is 0 Å². The molecule has 0 aromatic carbocycles. The van der Waals surface area contributed by atoms with Gasteiger partial charge in [-0.05, 0) is 13.8 Å². The smallest absolute Gasteiger partial charge is 0.0483 e. The zero-order chi connectivity index (χ0) is 3.58. The first-order valence-corrected chi connectivity index (χ1v) is 1.41. The summed E-state index contributed by atoms with van der Waals surface area (Å²) in [5, 5.41) is 8.06. The summed E-state index contributed by atoms with van der Waals surface area (Å²) in [6.45, 7) is 3.44. The van der Waals surface area contributed by atoms with Crippen molar-refractivity contribution < 1.29 is 22.5 Å². The average Bonchev–Trinajstić information content (AvgIpc) is 0.811. The molecule has 0 rings (SSSR count). The van der Waals surface area contributed by atoms with E-state index in [9.17, 15) is 0 Å². The summed E-state index contributed by atoms with van der Waals surface area (Å²) in [6, 6.07) is 0. The van der Waals surface area contributed by atoms with E-state index in [1.165, 1.54) is 0 Å². The average molecular weight is 112 g/mol. The van der Waals surface area contributed by atoms with Gasteiger partial charge in [0.05, 0.1) is 0 Å². The summed E-state index contributed by atoms with van der Waals surface area (Å²) >= 11 is 0. The molecule has 0 unspecified atom stereocenters. The molecule has 5 heavy (non-hydrogen) atoms. The van der Waals surface area contributed by atoms with Crippen LogP contribution < -0.4 is 0 Å². The van der Waals surface area contributed by atoms with Crippen LogP contribution in [0.5, 0.6) is 0 Å². The monoisotopic (exact) mass is 112 g/mol. The van der Waals surface area contributed by atoms with E-state index in [1.807, 2.05) is 0 Å². The minimum absolute atomic E-state index is 0. The number of hydrogen-bond acceptors (Lipinski definition) is 1. The van der Waals surface area contributed by atoms with Gasteiger partial charge in [-0.15, -0.1) is 0 Å². The summed E-state index contributed by atoms with van der Waals surface area (Å²) in [7, 11) is 0. The SMILES string of the molecule is CC(C)O.[Cr]. The van der Waals surface area contributed by atoms with Crippen LogP contribution in [0.3, 0.4) is 0 Å². The van der Waals surface area contributed by atoms with E-state index >= 15 is 0 Å². The fourth-order valence-corrected chi connectivity index (χ4v) is 0. The van der Waals surface area contributed by atoms with Crippen LogP contribution in [0.4, 0.5) is 0 Å². The Kier molecular flexibility index (Phi) is 8.17. The molecule has 0 saturated carbocycles. The molecule has 0 atom stereocenters. The number of aliphatic hydroxyl groups is 1. The Morgan fingerprint density at radius 2 is 1.40 bits per heavy atom. The second-order valence-corrected chi connectivity index (χ2v) is 1.09. The fourth-order valence-electron chi connectivity index (χ4n) is 0. The van der Waals surface area contributed by atoms with Gasteiger partial charge in [0, 0.05) is 23.5 Å². The van der Waals surface area contributed by atoms with E-state index < -0.39 is 0 Å². The van der Waals surface area contributed by atoms with Crippen molar-refractivity contribution in [2.45, 2.75) is 20.0 Å².